The molecule has 0 spiro atoms. The largest absolute Gasteiger partial charge is 0.350 e. The third kappa shape index (κ3) is 5.14. The first-order valence-corrected chi connectivity index (χ1v) is 10.3. The number of thiazole rings is 1. The maximum absolute atomic E-state index is 13.0. The lowest BCUT2D eigenvalue weighted by Gasteiger charge is -2.34. The molecule has 1 fully saturated rings. The number of amides is 2. The minimum atomic E-state index is -0.232. The van der Waals surface area contributed by atoms with Crippen molar-refractivity contribution in [1.29, 1.82) is 0 Å². The molecule has 0 bridgehead atoms. The Balaban J connectivity index is 1.59. The van der Waals surface area contributed by atoms with Gasteiger partial charge in [-0.1, -0.05) is 6.07 Å². The number of nitrogens with zero attached hydrogens (tertiary/aromatic N) is 4. The van der Waals surface area contributed by atoms with Crippen molar-refractivity contribution in [2.45, 2.75) is 33.2 Å². The van der Waals surface area contributed by atoms with E-state index < -0.39 is 0 Å². The molecule has 2 aromatic heterocycles. The van der Waals surface area contributed by atoms with Crippen LogP contribution in [0.4, 0.5) is 0 Å². The monoisotopic (exact) mass is 401 g/mol. The lowest BCUT2D eigenvalue weighted by molar-refractivity contribution is -0.124. The normalized spacial score (nSPS) is 15.5. The van der Waals surface area contributed by atoms with E-state index in [0.717, 1.165) is 16.4 Å². The Hall–Kier alpha value is -2.32. The molecule has 0 saturated carbocycles. The SMILES string of the molecule is Cc1nc(-c2ccccn2)sc1C(=O)N1CCN(CC(=O)NC(C)(C)C)CC1. The first kappa shape index (κ1) is 20.4. The van der Waals surface area contributed by atoms with E-state index in [4.69, 9.17) is 0 Å². The van der Waals surface area contributed by atoms with Gasteiger partial charge in [0.05, 0.1) is 17.9 Å². The summed E-state index contributed by atoms with van der Waals surface area (Å²) in [7, 11) is 0. The molecule has 0 unspecified atom stereocenters. The zero-order valence-electron chi connectivity index (χ0n) is 16.9. The Morgan fingerprint density at radius 1 is 1.18 bits per heavy atom. The molecule has 0 radical (unpaired) electrons. The lowest BCUT2D eigenvalue weighted by Crippen LogP contribution is -2.52. The molecule has 3 heterocycles. The van der Waals surface area contributed by atoms with Gasteiger partial charge in [-0.25, -0.2) is 4.98 Å². The van der Waals surface area contributed by atoms with E-state index in [2.05, 4.69) is 20.2 Å². The van der Waals surface area contributed by atoms with Crippen LogP contribution in [0.5, 0.6) is 0 Å². The molecular weight excluding hydrogens is 374 g/mol. The fourth-order valence-corrected chi connectivity index (χ4v) is 4.12. The summed E-state index contributed by atoms with van der Waals surface area (Å²) < 4.78 is 0. The molecule has 2 amide bonds. The second kappa shape index (κ2) is 8.36. The van der Waals surface area contributed by atoms with Crippen LogP contribution in [0.15, 0.2) is 24.4 Å². The number of aromatic nitrogens is 2. The van der Waals surface area contributed by atoms with Gasteiger partial charge in [-0.15, -0.1) is 11.3 Å². The van der Waals surface area contributed by atoms with Gasteiger partial charge in [0.1, 0.15) is 9.88 Å². The number of nitrogens with one attached hydrogen (secondary N) is 1. The van der Waals surface area contributed by atoms with Gasteiger partial charge in [0.25, 0.3) is 5.91 Å². The van der Waals surface area contributed by atoms with Gasteiger partial charge in [0.15, 0.2) is 0 Å². The average molecular weight is 402 g/mol. The number of piperazine rings is 1. The number of carbonyl (C=O) groups is 2. The zero-order chi connectivity index (χ0) is 20.3. The standard InChI is InChI=1S/C20H27N5O2S/c1-14-17(28-18(22-14)15-7-5-6-8-21-15)19(27)25-11-9-24(10-12-25)13-16(26)23-20(2,3)4/h5-8H,9-13H2,1-4H3,(H,23,26). The summed E-state index contributed by atoms with van der Waals surface area (Å²) >= 11 is 1.39. The second-order valence-electron chi connectivity index (χ2n) is 8.02. The van der Waals surface area contributed by atoms with Crippen molar-refractivity contribution in [3.63, 3.8) is 0 Å². The molecule has 3 rings (SSSR count). The Morgan fingerprint density at radius 3 is 2.50 bits per heavy atom. The highest BCUT2D eigenvalue weighted by Crippen LogP contribution is 2.27. The van der Waals surface area contributed by atoms with Gasteiger partial charge >= 0.3 is 0 Å². The van der Waals surface area contributed by atoms with E-state index >= 15 is 0 Å². The highest BCUT2D eigenvalue weighted by atomic mass is 32.1. The highest BCUT2D eigenvalue weighted by Gasteiger charge is 2.27. The number of hydrogen-bond acceptors (Lipinski definition) is 6. The smallest absolute Gasteiger partial charge is 0.265 e. The predicted molar refractivity (Wildman–Crippen MR) is 110 cm³/mol. The Bertz CT molecular complexity index is 836. The highest BCUT2D eigenvalue weighted by molar-refractivity contribution is 7.17. The predicted octanol–water partition coefficient (Wildman–Crippen LogP) is 2.19. The first-order valence-electron chi connectivity index (χ1n) is 9.44. The number of carbonyl (C=O) groups excluding carboxylic acids is 2. The number of hydrogen-bond donors (Lipinski definition) is 1. The van der Waals surface area contributed by atoms with Gasteiger partial charge in [-0.2, -0.15) is 0 Å². The molecule has 150 valence electrons. The topological polar surface area (TPSA) is 78.4 Å². The zero-order valence-corrected chi connectivity index (χ0v) is 17.7. The van der Waals surface area contributed by atoms with Crippen molar-refractivity contribution in [2.24, 2.45) is 0 Å². The maximum atomic E-state index is 13.0. The van der Waals surface area contributed by atoms with Crippen LogP contribution in [0.2, 0.25) is 0 Å². The van der Waals surface area contributed by atoms with Crippen molar-refractivity contribution >= 4 is 23.2 Å². The molecule has 1 aliphatic heterocycles. The van der Waals surface area contributed by atoms with E-state index in [1.165, 1.54) is 11.3 Å². The maximum Gasteiger partial charge on any atom is 0.265 e. The van der Waals surface area contributed by atoms with Crippen molar-refractivity contribution in [3.05, 3.63) is 35.0 Å². The van der Waals surface area contributed by atoms with Gasteiger partial charge in [-0.3, -0.25) is 19.5 Å². The fraction of sp³-hybridized carbons (Fsp3) is 0.500. The molecule has 0 aromatic carbocycles. The summed E-state index contributed by atoms with van der Waals surface area (Å²) in [5.41, 5.74) is 1.29. The van der Waals surface area contributed by atoms with E-state index in [-0.39, 0.29) is 17.4 Å². The summed E-state index contributed by atoms with van der Waals surface area (Å²) in [6, 6.07) is 5.67. The van der Waals surface area contributed by atoms with Crippen LogP contribution >= 0.6 is 11.3 Å². The summed E-state index contributed by atoms with van der Waals surface area (Å²) in [5.74, 6) is 0.0292. The fourth-order valence-electron chi connectivity index (χ4n) is 3.11. The van der Waals surface area contributed by atoms with Gasteiger partial charge < -0.3 is 10.2 Å². The van der Waals surface area contributed by atoms with Crippen LogP contribution in [0.3, 0.4) is 0 Å². The molecule has 2 aromatic rings. The van der Waals surface area contributed by atoms with E-state index in [0.29, 0.717) is 37.6 Å². The minimum absolute atomic E-state index is 0.0102. The third-order valence-electron chi connectivity index (χ3n) is 4.42. The van der Waals surface area contributed by atoms with Crippen molar-refractivity contribution < 1.29 is 9.59 Å². The van der Waals surface area contributed by atoms with Crippen LogP contribution < -0.4 is 5.32 Å². The van der Waals surface area contributed by atoms with Crippen LogP contribution in [-0.4, -0.2) is 69.8 Å². The number of rotatable bonds is 4. The number of pyridine rings is 1. The molecule has 1 N–H and O–H groups in total. The van der Waals surface area contributed by atoms with Crippen molar-refractivity contribution in [1.82, 2.24) is 25.1 Å². The van der Waals surface area contributed by atoms with E-state index in [9.17, 15) is 9.59 Å². The van der Waals surface area contributed by atoms with Gasteiger partial charge in [0, 0.05) is 37.9 Å². The molecule has 1 aliphatic rings. The Morgan fingerprint density at radius 2 is 1.89 bits per heavy atom. The van der Waals surface area contributed by atoms with Crippen LogP contribution in [-0.2, 0) is 4.79 Å². The lowest BCUT2D eigenvalue weighted by atomic mass is 10.1. The van der Waals surface area contributed by atoms with Crippen LogP contribution in [0.1, 0.15) is 36.1 Å². The Kier molecular flexibility index (Phi) is 6.10. The summed E-state index contributed by atoms with van der Waals surface area (Å²) in [6.45, 7) is 10.7. The molecular formula is C20H27N5O2S. The second-order valence-corrected chi connectivity index (χ2v) is 9.01. The van der Waals surface area contributed by atoms with Crippen LogP contribution in [0, 0.1) is 6.92 Å². The number of aryl methyl sites for hydroxylation is 1. The minimum Gasteiger partial charge on any atom is -0.350 e. The summed E-state index contributed by atoms with van der Waals surface area (Å²) in [6.07, 6.45) is 1.72. The summed E-state index contributed by atoms with van der Waals surface area (Å²) in [4.78, 5) is 38.5. The Labute approximate surface area is 169 Å². The molecule has 8 heteroatoms. The molecule has 0 atom stereocenters. The third-order valence-corrected chi connectivity index (χ3v) is 5.58. The first-order chi connectivity index (χ1) is 13.2. The van der Waals surface area contributed by atoms with Gasteiger partial charge in [-0.05, 0) is 39.8 Å². The molecule has 7 nitrogen and oxygen atoms in total. The molecule has 0 aliphatic carbocycles. The van der Waals surface area contributed by atoms with E-state index in [1.54, 1.807) is 6.20 Å². The molecule has 28 heavy (non-hydrogen) atoms. The van der Waals surface area contributed by atoms with E-state index in [1.807, 2.05) is 50.8 Å². The van der Waals surface area contributed by atoms with Gasteiger partial charge in [0.2, 0.25) is 5.91 Å². The molecule has 1 saturated heterocycles. The summed E-state index contributed by atoms with van der Waals surface area (Å²) in [5, 5.41) is 3.74. The van der Waals surface area contributed by atoms with Crippen molar-refractivity contribution in [2.75, 3.05) is 32.7 Å². The quantitative estimate of drug-likeness (QED) is 0.850. The average Bonchev–Trinajstić information content (AvgIpc) is 3.02. The van der Waals surface area contributed by atoms with Crippen molar-refractivity contribution in [3.8, 4) is 10.7 Å². The van der Waals surface area contributed by atoms with Crippen LogP contribution in [0.25, 0.3) is 10.7 Å².